The molecule has 1 N–H and O–H groups in total. The summed E-state index contributed by atoms with van der Waals surface area (Å²) in [6, 6.07) is 8.02. The average Bonchev–Trinajstić information content (AvgIpc) is 2.58. The Morgan fingerprint density at radius 2 is 1.94 bits per heavy atom. The number of hydrogen-bond donors (Lipinski definition) is 1. The van der Waals surface area contributed by atoms with Crippen molar-refractivity contribution in [2.75, 3.05) is 5.32 Å². The second-order valence-corrected chi connectivity index (χ2v) is 4.55. The zero-order valence-electron chi connectivity index (χ0n) is 11.1. The van der Waals surface area contributed by atoms with Crippen LogP contribution in [0.5, 0.6) is 0 Å². The first-order chi connectivity index (χ1) is 8.47. The Hall–Kier alpha value is -2.10. The number of aryl methyl sites for hydroxylation is 3. The predicted molar refractivity (Wildman–Crippen MR) is 72.1 cm³/mol. The Morgan fingerprint density at radius 1 is 1.22 bits per heavy atom. The molecule has 0 saturated heterocycles. The van der Waals surface area contributed by atoms with Crippen molar-refractivity contribution in [3.05, 3.63) is 41.1 Å². The van der Waals surface area contributed by atoms with Gasteiger partial charge in [0.1, 0.15) is 5.82 Å². The first kappa shape index (κ1) is 12.4. The zero-order chi connectivity index (χ0) is 13.3. The molecule has 2 rings (SSSR count). The van der Waals surface area contributed by atoms with E-state index < -0.39 is 0 Å². The molecular formula is C14H17N3O. The lowest BCUT2D eigenvalue weighted by atomic mass is 10.1. The number of aromatic nitrogens is 2. The van der Waals surface area contributed by atoms with E-state index in [1.54, 1.807) is 4.68 Å². The summed E-state index contributed by atoms with van der Waals surface area (Å²) in [5.41, 5.74) is 4.20. The SMILES string of the molecule is CC(=O)Nc1cc(C)nn1-c1ccc(C)cc1C. The first-order valence-corrected chi connectivity index (χ1v) is 5.89. The van der Waals surface area contributed by atoms with Gasteiger partial charge in [0.25, 0.3) is 0 Å². The second kappa shape index (κ2) is 4.64. The van der Waals surface area contributed by atoms with Gasteiger partial charge in [0.05, 0.1) is 11.4 Å². The number of carbonyl (C=O) groups is 1. The molecule has 0 aliphatic rings. The lowest BCUT2D eigenvalue weighted by Crippen LogP contribution is -2.11. The number of carbonyl (C=O) groups excluding carboxylic acids is 1. The van der Waals surface area contributed by atoms with Crippen molar-refractivity contribution in [1.82, 2.24) is 9.78 Å². The van der Waals surface area contributed by atoms with E-state index in [2.05, 4.69) is 23.4 Å². The molecular weight excluding hydrogens is 226 g/mol. The van der Waals surface area contributed by atoms with Crippen LogP contribution in [-0.4, -0.2) is 15.7 Å². The normalized spacial score (nSPS) is 10.4. The van der Waals surface area contributed by atoms with Crippen LogP contribution in [-0.2, 0) is 4.79 Å². The fourth-order valence-electron chi connectivity index (χ4n) is 2.00. The van der Waals surface area contributed by atoms with Gasteiger partial charge >= 0.3 is 0 Å². The highest BCUT2D eigenvalue weighted by Gasteiger charge is 2.10. The summed E-state index contributed by atoms with van der Waals surface area (Å²) in [6.07, 6.45) is 0. The Kier molecular flexibility index (Phi) is 3.19. The monoisotopic (exact) mass is 243 g/mol. The molecule has 0 aliphatic carbocycles. The summed E-state index contributed by atoms with van der Waals surface area (Å²) in [5.74, 6) is 0.605. The van der Waals surface area contributed by atoms with Crippen molar-refractivity contribution in [3.63, 3.8) is 0 Å². The predicted octanol–water partition coefficient (Wildman–Crippen LogP) is 2.76. The standard InChI is InChI=1S/C14H17N3O/c1-9-5-6-13(10(2)7-9)17-14(15-12(4)18)8-11(3)16-17/h5-8H,1-4H3,(H,15,18). The molecule has 0 aliphatic heterocycles. The van der Waals surface area contributed by atoms with Crippen molar-refractivity contribution in [3.8, 4) is 5.69 Å². The van der Waals surface area contributed by atoms with E-state index in [4.69, 9.17) is 0 Å². The van der Waals surface area contributed by atoms with Gasteiger partial charge in [-0.05, 0) is 32.4 Å². The minimum absolute atomic E-state index is 0.0964. The van der Waals surface area contributed by atoms with Crippen molar-refractivity contribution in [1.29, 1.82) is 0 Å². The third-order valence-corrected chi connectivity index (χ3v) is 2.72. The minimum atomic E-state index is -0.0964. The molecule has 4 heteroatoms. The molecule has 0 saturated carbocycles. The van der Waals surface area contributed by atoms with E-state index in [1.807, 2.05) is 32.0 Å². The smallest absolute Gasteiger partial charge is 0.222 e. The van der Waals surface area contributed by atoms with Gasteiger partial charge in [-0.25, -0.2) is 4.68 Å². The molecule has 1 amide bonds. The maximum atomic E-state index is 11.2. The third-order valence-electron chi connectivity index (χ3n) is 2.72. The number of rotatable bonds is 2. The maximum absolute atomic E-state index is 11.2. The molecule has 0 radical (unpaired) electrons. The topological polar surface area (TPSA) is 46.9 Å². The van der Waals surface area contributed by atoms with E-state index >= 15 is 0 Å². The molecule has 0 spiro atoms. The lowest BCUT2D eigenvalue weighted by Gasteiger charge is -2.10. The Labute approximate surface area is 107 Å². The van der Waals surface area contributed by atoms with Crippen LogP contribution in [0.2, 0.25) is 0 Å². The van der Waals surface area contributed by atoms with Gasteiger partial charge in [-0.3, -0.25) is 4.79 Å². The summed E-state index contributed by atoms with van der Waals surface area (Å²) in [5, 5.41) is 7.22. The molecule has 18 heavy (non-hydrogen) atoms. The highest BCUT2D eigenvalue weighted by Crippen LogP contribution is 2.21. The van der Waals surface area contributed by atoms with E-state index in [0.717, 1.165) is 16.9 Å². The van der Waals surface area contributed by atoms with Gasteiger partial charge in [-0.1, -0.05) is 17.7 Å². The van der Waals surface area contributed by atoms with Crippen LogP contribution in [0.4, 0.5) is 5.82 Å². The fraction of sp³-hybridized carbons (Fsp3) is 0.286. The van der Waals surface area contributed by atoms with E-state index in [0.29, 0.717) is 5.82 Å². The molecule has 0 unspecified atom stereocenters. The highest BCUT2D eigenvalue weighted by molar-refractivity contribution is 5.88. The van der Waals surface area contributed by atoms with Gasteiger partial charge in [0.2, 0.25) is 5.91 Å². The summed E-state index contributed by atoms with van der Waals surface area (Å²) >= 11 is 0. The summed E-state index contributed by atoms with van der Waals surface area (Å²) < 4.78 is 1.77. The molecule has 94 valence electrons. The van der Waals surface area contributed by atoms with Crippen molar-refractivity contribution in [2.24, 2.45) is 0 Å². The summed E-state index contributed by atoms with van der Waals surface area (Å²) in [7, 11) is 0. The van der Waals surface area contributed by atoms with Crippen molar-refractivity contribution in [2.45, 2.75) is 27.7 Å². The quantitative estimate of drug-likeness (QED) is 0.881. The van der Waals surface area contributed by atoms with Crippen LogP contribution in [0.15, 0.2) is 24.3 Å². The van der Waals surface area contributed by atoms with Gasteiger partial charge in [0.15, 0.2) is 0 Å². The van der Waals surface area contributed by atoms with Crippen LogP contribution in [0, 0.1) is 20.8 Å². The fourth-order valence-corrected chi connectivity index (χ4v) is 2.00. The number of benzene rings is 1. The summed E-state index contributed by atoms with van der Waals surface area (Å²) in [4.78, 5) is 11.2. The number of nitrogens with one attached hydrogen (secondary N) is 1. The average molecular weight is 243 g/mol. The maximum Gasteiger partial charge on any atom is 0.222 e. The Bertz CT molecular complexity index is 599. The largest absolute Gasteiger partial charge is 0.311 e. The lowest BCUT2D eigenvalue weighted by molar-refractivity contribution is -0.114. The van der Waals surface area contributed by atoms with Crippen LogP contribution in [0.1, 0.15) is 23.7 Å². The number of amides is 1. The van der Waals surface area contributed by atoms with Crippen LogP contribution >= 0.6 is 0 Å². The number of hydrogen-bond acceptors (Lipinski definition) is 2. The molecule has 4 nitrogen and oxygen atoms in total. The van der Waals surface area contributed by atoms with Gasteiger partial charge in [-0.15, -0.1) is 0 Å². The van der Waals surface area contributed by atoms with E-state index in [-0.39, 0.29) is 5.91 Å². The van der Waals surface area contributed by atoms with Crippen molar-refractivity contribution < 1.29 is 4.79 Å². The van der Waals surface area contributed by atoms with E-state index in [1.165, 1.54) is 12.5 Å². The molecule has 1 aromatic heterocycles. The first-order valence-electron chi connectivity index (χ1n) is 5.89. The van der Waals surface area contributed by atoms with Gasteiger partial charge in [0, 0.05) is 13.0 Å². The number of nitrogens with zero attached hydrogens (tertiary/aromatic N) is 2. The van der Waals surface area contributed by atoms with Gasteiger partial charge in [-0.2, -0.15) is 5.10 Å². The highest BCUT2D eigenvalue weighted by atomic mass is 16.1. The van der Waals surface area contributed by atoms with Crippen LogP contribution in [0.25, 0.3) is 5.69 Å². The van der Waals surface area contributed by atoms with E-state index in [9.17, 15) is 4.79 Å². The zero-order valence-corrected chi connectivity index (χ0v) is 11.1. The molecule has 0 bridgehead atoms. The number of anilines is 1. The van der Waals surface area contributed by atoms with Crippen molar-refractivity contribution >= 4 is 11.7 Å². The molecule has 1 heterocycles. The molecule has 0 atom stereocenters. The second-order valence-electron chi connectivity index (χ2n) is 4.55. The summed E-state index contributed by atoms with van der Waals surface area (Å²) in [6.45, 7) is 7.50. The van der Waals surface area contributed by atoms with Gasteiger partial charge < -0.3 is 5.32 Å². The third kappa shape index (κ3) is 2.42. The molecule has 0 fully saturated rings. The van der Waals surface area contributed by atoms with Crippen LogP contribution < -0.4 is 5.32 Å². The Morgan fingerprint density at radius 3 is 2.56 bits per heavy atom. The molecule has 2 aromatic rings. The minimum Gasteiger partial charge on any atom is -0.311 e. The van der Waals surface area contributed by atoms with Crippen LogP contribution in [0.3, 0.4) is 0 Å². The Balaban J connectivity index is 2.52. The molecule has 1 aromatic carbocycles.